The number of nitrogens with zero attached hydrogens (tertiary/aromatic N) is 3. The van der Waals surface area contributed by atoms with E-state index in [0.29, 0.717) is 31.9 Å². The third-order valence-electron chi connectivity index (χ3n) is 6.00. The number of amides is 4. The van der Waals surface area contributed by atoms with E-state index in [2.05, 4.69) is 5.32 Å². The molecule has 186 valence electrons. The van der Waals surface area contributed by atoms with Crippen LogP contribution in [-0.2, 0) is 19.1 Å². The van der Waals surface area contributed by atoms with E-state index in [-0.39, 0.29) is 49.2 Å². The molecule has 1 N–H and O–H groups in total. The molecule has 0 spiro atoms. The molecule has 2 aliphatic rings. The van der Waals surface area contributed by atoms with Crippen molar-refractivity contribution in [3.8, 4) is 5.75 Å². The predicted octanol–water partition coefficient (Wildman–Crippen LogP) is 0.510. The van der Waals surface area contributed by atoms with Crippen LogP contribution in [0.4, 0.5) is 0 Å². The van der Waals surface area contributed by atoms with Gasteiger partial charge in [0.05, 0.1) is 37.3 Å². The van der Waals surface area contributed by atoms with E-state index in [1.807, 2.05) is 20.8 Å². The number of ether oxygens (including phenoxy) is 2. The summed E-state index contributed by atoms with van der Waals surface area (Å²) in [5, 5.41) is 2.74. The molecule has 34 heavy (non-hydrogen) atoms. The van der Waals surface area contributed by atoms with Gasteiger partial charge < -0.3 is 29.5 Å². The zero-order valence-electron chi connectivity index (χ0n) is 20.3. The molecule has 3 atom stereocenters. The van der Waals surface area contributed by atoms with Crippen LogP contribution >= 0.6 is 0 Å². The van der Waals surface area contributed by atoms with Gasteiger partial charge in [-0.25, -0.2) is 0 Å². The van der Waals surface area contributed by atoms with Crippen LogP contribution in [0.15, 0.2) is 24.3 Å². The minimum atomic E-state index is -1.09. The lowest BCUT2D eigenvalue weighted by Crippen LogP contribution is -2.56. The molecule has 2 aliphatic heterocycles. The Morgan fingerprint density at radius 2 is 1.76 bits per heavy atom. The fourth-order valence-corrected chi connectivity index (χ4v) is 4.24. The highest BCUT2D eigenvalue weighted by Crippen LogP contribution is 2.20. The number of hydrogen-bond donors (Lipinski definition) is 1. The molecular formula is C24H34N4O6. The number of carbonyl (C=O) groups is 4. The van der Waals surface area contributed by atoms with Crippen molar-refractivity contribution in [1.29, 1.82) is 0 Å². The molecule has 3 rings (SSSR count). The topological polar surface area (TPSA) is 108 Å². The monoisotopic (exact) mass is 474 g/mol. The SMILES string of the molecule is CCN1CCOc2ccccc2C(=O)N[C@H](C(=O)N2C[C@@H](C)O[C@@H](C)C2)CC(=O)N(C)CC1=O. The molecule has 1 aromatic rings. The molecule has 10 nitrogen and oxygen atoms in total. The van der Waals surface area contributed by atoms with Crippen LogP contribution in [0.3, 0.4) is 0 Å². The Morgan fingerprint density at radius 3 is 2.44 bits per heavy atom. The standard InChI is InChI=1S/C24H34N4O6/c1-5-27-10-11-33-20-9-7-6-8-18(20)23(31)25-19(12-21(29)26(4)15-22(27)30)24(32)28-13-16(2)34-17(3)14-28/h6-9,16-17,19H,5,10-15H2,1-4H3,(H,25,31)/t16-,17+,19-/m0/s1. The van der Waals surface area contributed by atoms with E-state index >= 15 is 0 Å². The number of nitrogens with one attached hydrogen (secondary N) is 1. The van der Waals surface area contributed by atoms with E-state index in [1.165, 1.54) is 11.9 Å². The molecule has 0 aliphatic carbocycles. The maximum atomic E-state index is 13.4. The summed E-state index contributed by atoms with van der Waals surface area (Å²) in [6, 6.07) is 5.63. The molecule has 0 saturated carbocycles. The molecular weight excluding hydrogens is 440 g/mol. The Kier molecular flexibility index (Phi) is 8.49. The van der Waals surface area contributed by atoms with E-state index < -0.39 is 17.9 Å². The maximum Gasteiger partial charge on any atom is 0.255 e. The van der Waals surface area contributed by atoms with Gasteiger partial charge in [0.15, 0.2) is 0 Å². The summed E-state index contributed by atoms with van der Waals surface area (Å²) in [7, 11) is 1.52. The normalized spacial score (nSPS) is 25.2. The van der Waals surface area contributed by atoms with Crippen molar-refractivity contribution in [2.45, 2.75) is 45.4 Å². The number of fused-ring (bicyclic) bond motifs is 1. The Balaban J connectivity index is 1.91. The van der Waals surface area contributed by atoms with Gasteiger partial charge in [0.25, 0.3) is 5.91 Å². The number of morpholine rings is 1. The quantitative estimate of drug-likeness (QED) is 0.669. The second-order valence-electron chi connectivity index (χ2n) is 8.80. The fraction of sp³-hybridized carbons (Fsp3) is 0.583. The van der Waals surface area contributed by atoms with Gasteiger partial charge in [0.1, 0.15) is 18.4 Å². The Labute approximate surface area is 200 Å². The molecule has 1 fully saturated rings. The van der Waals surface area contributed by atoms with Crippen LogP contribution in [0.5, 0.6) is 5.75 Å². The van der Waals surface area contributed by atoms with E-state index in [4.69, 9.17) is 9.47 Å². The molecule has 2 heterocycles. The lowest BCUT2D eigenvalue weighted by atomic mass is 10.1. The van der Waals surface area contributed by atoms with Gasteiger partial charge in [0.2, 0.25) is 17.7 Å². The van der Waals surface area contributed by atoms with E-state index in [1.54, 1.807) is 34.1 Å². The lowest BCUT2D eigenvalue weighted by Gasteiger charge is -2.37. The molecule has 10 heteroatoms. The first kappa shape index (κ1) is 25.5. The lowest BCUT2D eigenvalue weighted by molar-refractivity contribution is -0.148. The van der Waals surface area contributed by atoms with Gasteiger partial charge in [-0.3, -0.25) is 19.2 Å². The number of carbonyl (C=O) groups excluding carboxylic acids is 4. The molecule has 0 bridgehead atoms. The summed E-state index contributed by atoms with van der Waals surface area (Å²) >= 11 is 0. The van der Waals surface area contributed by atoms with Gasteiger partial charge in [-0.15, -0.1) is 0 Å². The van der Waals surface area contributed by atoms with Crippen molar-refractivity contribution in [3.05, 3.63) is 29.8 Å². The van der Waals surface area contributed by atoms with Crippen LogP contribution in [0, 0.1) is 0 Å². The minimum Gasteiger partial charge on any atom is -0.491 e. The summed E-state index contributed by atoms with van der Waals surface area (Å²) < 4.78 is 11.5. The number of hydrogen-bond acceptors (Lipinski definition) is 6. The molecule has 0 aromatic heterocycles. The third-order valence-corrected chi connectivity index (χ3v) is 6.00. The summed E-state index contributed by atoms with van der Waals surface area (Å²) in [5.74, 6) is -1.12. The van der Waals surface area contributed by atoms with Gasteiger partial charge in [-0.05, 0) is 32.9 Å². The van der Waals surface area contributed by atoms with Crippen LogP contribution in [0.1, 0.15) is 37.6 Å². The van der Waals surface area contributed by atoms with Crippen molar-refractivity contribution in [1.82, 2.24) is 20.0 Å². The van der Waals surface area contributed by atoms with Gasteiger partial charge in [0, 0.05) is 26.7 Å². The number of benzene rings is 1. The first-order valence-electron chi connectivity index (χ1n) is 11.7. The van der Waals surface area contributed by atoms with E-state index in [9.17, 15) is 19.2 Å². The van der Waals surface area contributed by atoms with Crippen molar-refractivity contribution in [3.63, 3.8) is 0 Å². The smallest absolute Gasteiger partial charge is 0.255 e. The highest BCUT2D eigenvalue weighted by atomic mass is 16.5. The summed E-state index contributed by atoms with van der Waals surface area (Å²) in [5.41, 5.74) is 0.260. The molecule has 0 unspecified atom stereocenters. The molecule has 4 amide bonds. The van der Waals surface area contributed by atoms with Crippen molar-refractivity contribution in [2.24, 2.45) is 0 Å². The predicted molar refractivity (Wildman–Crippen MR) is 124 cm³/mol. The summed E-state index contributed by atoms with van der Waals surface area (Å²) in [6.07, 6.45) is -0.581. The minimum absolute atomic E-state index is 0.121. The van der Waals surface area contributed by atoms with Crippen molar-refractivity contribution >= 4 is 23.6 Å². The Bertz CT molecular complexity index is 912. The van der Waals surface area contributed by atoms with Crippen molar-refractivity contribution in [2.75, 3.05) is 46.4 Å². The zero-order valence-corrected chi connectivity index (χ0v) is 20.3. The fourth-order valence-electron chi connectivity index (χ4n) is 4.24. The number of para-hydroxylation sites is 1. The number of rotatable bonds is 2. The number of likely N-dealkylation sites (N-methyl/N-ethyl adjacent to an activating group) is 2. The maximum absolute atomic E-state index is 13.4. The van der Waals surface area contributed by atoms with E-state index in [0.717, 1.165) is 0 Å². The highest BCUT2D eigenvalue weighted by Gasteiger charge is 2.34. The Morgan fingerprint density at radius 1 is 1.09 bits per heavy atom. The van der Waals surface area contributed by atoms with Gasteiger partial charge in [-0.1, -0.05) is 12.1 Å². The van der Waals surface area contributed by atoms with Crippen LogP contribution in [0.25, 0.3) is 0 Å². The molecule has 0 radical (unpaired) electrons. The average Bonchev–Trinajstić information content (AvgIpc) is 2.79. The summed E-state index contributed by atoms with van der Waals surface area (Å²) in [4.78, 5) is 56.8. The van der Waals surface area contributed by atoms with Crippen molar-refractivity contribution < 1.29 is 28.7 Å². The van der Waals surface area contributed by atoms with Crippen LogP contribution < -0.4 is 10.1 Å². The zero-order chi connectivity index (χ0) is 24.8. The third kappa shape index (κ3) is 6.25. The first-order valence-corrected chi connectivity index (χ1v) is 11.7. The second kappa shape index (κ2) is 11.3. The molecule has 1 saturated heterocycles. The first-order chi connectivity index (χ1) is 16.2. The summed E-state index contributed by atoms with van der Waals surface area (Å²) in [6.45, 7) is 7.18. The second-order valence-corrected chi connectivity index (χ2v) is 8.80. The largest absolute Gasteiger partial charge is 0.491 e. The Hall–Kier alpha value is -3.14. The van der Waals surface area contributed by atoms with Gasteiger partial charge in [-0.2, -0.15) is 0 Å². The average molecular weight is 475 g/mol. The van der Waals surface area contributed by atoms with Crippen LogP contribution in [-0.4, -0.2) is 103 Å². The highest BCUT2D eigenvalue weighted by molar-refractivity contribution is 6.01. The van der Waals surface area contributed by atoms with Gasteiger partial charge >= 0.3 is 0 Å². The van der Waals surface area contributed by atoms with Crippen LogP contribution in [0.2, 0.25) is 0 Å². The molecule has 1 aromatic carbocycles.